The van der Waals surface area contributed by atoms with E-state index in [0.717, 1.165) is 0 Å². The van der Waals surface area contributed by atoms with Crippen LogP contribution in [0.2, 0.25) is 0 Å². The summed E-state index contributed by atoms with van der Waals surface area (Å²) in [7, 11) is 5.93. The first-order valence-corrected chi connectivity index (χ1v) is 8.43. The zero-order chi connectivity index (χ0) is 19.1. The Morgan fingerprint density at radius 2 is 1.58 bits per heavy atom. The number of hydrogen-bond acceptors (Lipinski definition) is 7. The van der Waals surface area contributed by atoms with Gasteiger partial charge in [0, 0.05) is 32.7 Å². The number of esters is 1. The first-order chi connectivity index (χ1) is 12.5. The lowest BCUT2D eigenvalue weighted by atomic mass is 10.1. The van der Waals surface area contributed by atoms with Crippen LogP contribution in [0.5, 0.6) is 17.2 Å². The van der Waals surface area contributed by atoms with E-state index in [0.29, 0.717) is 62.0 Å². The van der Waals surface area contributed by atoms with Crippen LogP contribution in [-0.4, -0.2) is 82.8 Å². The van der Waals surface area contributed by atoms with E-state index in [4.69, 9.17) is 14.2 Å². The highest BCUT2D eigenvalue weighted by molar-refractivity contribution is 5.98. The van der Waals surface area contributed by atoms with Gasteiger partial charge in [-0.3, -0.25) is 14.5 Å². The molecule has 0 atom stereocenters. The number of ether oxygens (including phenoxy) is 4. The Morgan fingerprint density at radius 1 is 0.923 bits per heavy atom. The van der Waals surface area contributed by atoms with Crippen molar-refractivity contribution in [3.63, 3.8) is 0 Å². The summed E-state index contributed by atoms with van der Waals surface area (Å²) in [4.78, 5) is 28.1. The van der Waals surface area contributed by atoms with Gasteiger partial charge in [0.1, 0.15) is 0 Å². The van der Waals surface area contributed by atoms with Gasteiger partial charge in [-0.25, -0.2) is 0 Å². The molecule has 0 aromatic heterocycles. The molecule has 26 heavy (non-hydrogen) atoms. The Hall–Kier alpha value is -2.48. The van der Waals surface area contributed by atoms with Crippen molar-refractivity contribution in [1.29, 1.82) is 0 Å². The summed E-state index contributed by atoms with van der Waals surface area (Å²) in [5, 5.41) is 0. The maximum Gasteiger partial charge on any atom is 0.306 e. The van der Waals surface area contributed by atoms with E-state index in [1.165, 1.54) is 28.4 Å². The summed E-state index contributed by atoms with van der Waals surface area (Å²) >= 11 is 0. The predicted molar refractivity (Wildman–Crippen MR) is 95.1 cm³/mol. The zero-order valence-electron chi connectivity index (χ0n) is 15.7. The molecule has 1 heterocycles. The van der Waals surface area contributed by atoms with Crippen molar-refractivity contribution >= 4 is 11.9 Å². The first-order valence-electron chi connectivity index (χ1n) is 8.43. The van der Waals surface area contributed by atoms with Crippen molar-refractivity contribution in [2.24, 2.45) is 0 Å². The topological polar surface area (TPSA) is 77.5 Å². The van der Waals surface area contributed by atoms with E-state index < -0.39 is 0 Å². The van der Waals surface area contributed by atoms with Crippen molar-refractivity contribution in [3.05, 3.63) is 17.7 Å². The predicted octanol–water partition coefficient (Wildman–Crippen LogP) is 1.03. The average Bonchev–Trinajstić information content (AvgIpc) is 2.70. The van der Waals surface area contributed by atoms with Gasteiger partial charge in [-0.2, -0.15) is 0 Å². The monoisotopic (exact) mass is 366 g/mol. The van der Waals surface area contributed by atoms with Gasteiger partial charge in [-0.15, -0.1) is 0 Å². The maximum absolute atomic E-state index is 12.9. The molecule has 0 unspecified atom stereocenters. The fourth-order valence-electron chi connectivity index (χ4n) is 2.97. The molecule has 0 radical (unpaired) electrons. The third kappa shape index (κ3) is 4.37. The fraction of sp³-hybridized carbons (Fsp3) is 0.556. The molecule has 1 aliphatic rings. The van der Waals surface area contributed by atoms with Crippen LogP contribution in [0.15, 0.2) is 12.1 Å². The highest BCUT2D eigenvalue weighted by Gasteiger charge is 2.27. The van der Waals surface area contributed by atoms with Gasteiger partial charge >= 0.3 is 5.97 Å². The molecule has 0 bridgehead atoms. The second-order valence-corrected chi connectivity index (χ2v) is 5.84. The summed E-state index contributed by atoms with van der Waals surface area (Å²) in [5.41, 5.74) is 0.438. The van der Waals surface area contributed by atoms with Crippen LogP contribution in [0.25, 0.3) is 0 Å². The van der Waals surface area contributed by atoms with Gasteiger partial charge in [-0.05, 0) is 12.1 Å². The van der Waals surface area contributed by atoms with Crippen molar-refractivity contribution in [2.75, 3.05) is 61.2 Å². The molecule has 1 amide bonds. The lowest BCUT2D eigenvalue weighted by molar-refractivity contribution is -0.141. The fourth-order valence-corrected chi connectivity index (χ4v) is 2.97. The van der Waals surface area contributed by atoms with E-state index in [2.05, 4.69) is 9.64 Å². The molecule has 0 N–H and O–H groups in total. The SMILES string of the molecule is COC(=O)CCN1CCN(C(=O)c2ccc(OC)c(OC)c2OC)CC1. The summed E-state index contributed by atoms with van der Waals surface area (Å²) in [5.74, 6) is 0.935. The molecule has 8 heteroatoms. The molecule has 2 rings (SSSR count). The van der Waals surface area contributed by atoms with E-state index in [-0.39, 0.29) is 11.9 Å². The number of benzene rings is 1. The minimum absolute atomic E-state index is 0.115. The number of nitrogens with zero attached hydrogens (tertiary/aromatic N) is 2. The van der Waals surface area contributed by atoms with Crippen LogP contribution in [-0.2, 0) is 9.53 Å². The number of carbonyl (C=O) groups excluding carboxylic acids is 2. The van der Waals surface area contributed by atoms with Gasteiger partial charge in [-0.1, -0.05) is 0 Å². The number of carbonyl (C=O) groups is 2. The van der Waals surface area contributed by atoms with Crippen molar-refractivity contribution in [2.45, 2.75) is 6.42 Å². The van der Waals surface area contributed by atoms with Crippen LogP contribution in [0.4, 0.5) is 0 Å². The van der Waals surface area contributed by atoms with Gasteiger partial charge in [0.15, 0.2) is 11.5 Å². The Labute approximate surface area is 153 Å². The van der Waals surface area contributed by atoms with Crippen LogP contribution < -0.4 is 14.2 Å². The standard InChI is InChI=1S/C18H26N2O6/c1-23-14-6-5-13(16(25-3)17(14)26-4)18(22)20-11-9-19(10-12-20)8-7-15(21)24-2/h5-6H,7-12H2,1-4H3. The lowest BCUT2D eigenvalue weighted by Crippen LogP contribution is -2.49. The maximum atomic E-state index is 12.9. The van der Waals surface area contributed by atoms with E-state index >= 15 is 0 Å². The Bertz CT molecular complexity index is 641. The molecule has 144 valence electrons. The highest BCUT2D eigenvalue weighted by Crippen LogP contribution is 2.40. The number of rotatable bonds is 7. The summed E-state index contributed by atoms with van der Waals surface area (Å²) < 4.78 is 20.7. The number of piperazine rings is 1. The quantitative estimate of drug-likeness (QED) is 0.667. The van der Waals surface area contributed by atoms with Crippen molar-refractivity contribution in [1.82, 2.24) is 9.80 Å². The van der Waals surface area contributed by atoms with Gasteiger partial charge in [0.2, 0.25) is 5.75 Å². The number of methoxy groups -OCH3 is 4. The first kappa shape index (κ1) is 19.8. The van der Waals surface area contributed by atoms with Crippen LogP contribution in [0.1, 0.15) is 16.8 Å². The molecule has 0 aliphatic carbocycles. The largest absolute Gasteiger partial charge is 0.493 e. The van der Waals surface area contributed by atoms with E-state index in [9.17, 15) is 9.59 Å². The van der Waals surface area contributed by atoms with Crippen molar-refractivity contribution < 1.29 is 28.5 Å². The highest BCUT2D eigenvalue weighted by atomic mass is 16.5. The molecule has 1 aromatic rings. The second kappa shape index (κ2) is 9.28. The third-order valence-corrected chi connectivity index (χ3v) is 4.45. The van der Waals surface area contributed by atoms with Gasteiger partial charge < -0.3 is 23.8 Å². The van der Waals surface area contributed by atoms with E-state index in [1.807, 2.05) is 0 Å². The molecule has 1 saturated heterocycles. The summed E-state index contributed by atoms with van der Waals surface area (Å²) in [6.07, 6.45) is 0.355. The molecule has 1 aromatic carbocycles. The van der Waals surface area contributed by atoms with Crippen molar-refractivity contribution in [3.8, 4) is 17.2 Å². The smallest absolute Gasteiger partial charge is 0.306 e. The third-order valence-electron chi connectivity index (χ3n) is 4.45. The molecule has 8 nitrogen and oxygen atoms in total. The molecular formula is C18H26N2O6. The second-order valence-electron chi connectivity index (χ2n) is 5.84. The molecule has 0 spiro atoms. The molecule has 0 saturated carbocycles. The normalized spacial score (nSPS) is 14.7. The molecular weight excluding hydrogens is 340 g/mol. The molecule has 1 aliphatic heterocycles. The molecule has 1 fully saturated rings. The Kier molecular flexibility index (Phi) is 7.08. The minimum Gasteiger partial charge on any atom is -0.493 e. The van der Waals surface area contributed by atoms with Gasteiger partial charge in [0.05, 0.1) is 40.4 Å². The Balaban J connectivity index is 2.05. The lowest BCUT2D eigenvalue weighted by Gasteiger charge is -2.34. The summed E-state index contributed by atoms with van der Waals surface area (Å²) in [6, 6.07) is 3.38. The Morgan fingerprint density at radius 3 is 2.12 bits per heavy atom. The van der Waals surface area contributed by atoms with Crippen LogP contribution in [0, 0.1) is 0 Å². The van der Waals surface area contributed by atoms with E-state index in [1.54, 1.807) is 17.0 Å². The summed E-state index contributed by atoms with van der Waals surface area (Å²) in [6.45, 7) is 3.21. The van der Waals surface area contributed by atoms with Crippen LogP contribution in [0.3, 0.4) is 0 Å². The average molecular weight is 366 g/mol. The zero-order valence-corrected chi connectivity index (χ0v) is 15.7. The minimum atomic E-state index is -0.224. The van der Waals surface area contributed by atoms with Crippen LogP contribution >= 0.6 is 0 Å². The number of amides is 1. The number of hydrogen-bond donors (Lipinski definition) is 0. The van der Waals surface area contributed by atoms with Gasteiger partial charge in [0.25, 0.3) is 5.91 Å².